The molecule has 0 aromatic heterocycles. The van der Waals surface area contributed by atoms with E-state index in [0.717, 1.165) is 50.9 Å². The van der Waals surface area contributed by atoms with Crippen LogP contribution >= 0.6 is 11.8 Å². The molecule has 0 atom stereocenters. The van der Waals surface area contributed by atoms with E-state index in [2.05, 4.69) is 22.3 Å². The second-order valence-electron chi connectivity index (χ2n) is 4.79. The third kappa shape index (κ3) is 4.17. The highest BCUT2D eigenvalue weighted by Gasteiger charge is 2.19. The molecule has 0 radical (unpaired) electrons. The standard InChI is InChI=1S/C12H22N4OS/c1-15-6-8-16(9-7-15)11(17)10-18-12-13-4-2-3-5-14-12/h2-10H2,1H3,(H,13,14). The Balaban J connectivity index is 1.72. The van der Waals surface area contributed by atoms with Gasteiger partial charge in [-0.3, -0.25) is 9.79 Å². The minimum Gasteiger partial charge on any atom is -0.365 e. The van der Waals surface area contributed by atoms with Crippen LogP contribution in [0.15, 0.2) is 4.99 Å². The Bertz CT molecular complexity index is 313. The van der Waals surface area contributed by atoms with Gasteiger partial charge in [-0.25, -0.2) is 0 Å². The quantitative estimate of drug-likeness (QED) is 0.780. The van der Waals surface area contributed by atoms with E-state index in [-0.39, 0.29) is 5.91 Å². The molecule has 0 aromatic carbocycles. The van der Waals surface area contributed by atoms with E-state index in [0.29, 0.717) is 5.75 Å². The Morgan fingerprint density at radius 3 is 2.89 bits per heavy atom. The van der Waals surface area contributed by atoms with Crippen molar-refractivity contribution in [3.05, 3.63) is 0 Å². The molecule has 0 aliphatic carbocycles. The molecule has 1 amide bonds. The summed E-state index contributed by atoms with van der Waals surface area (Å²) in [5, 5.41) is 4.22. The van der Waals surface area contributed by atoms with Crippen molar-refractivity contribution in [3.8, 4) is 0 Å². The number of thioether (sulfide) groups is 1. The van der Waals surface area contributed by atoms with Crippen LogP contribution < -0.4 is 5.32 Å². The van der Waals surface area contributed by atoms with Crippen LogP contribution in [-0.4, -0.2) is 72.9 Å². The maximum Gasteiger partial charge on any atom is 0.233 e. The highest BCUT2D eigenvalue weighted by Crippen LogP contribution is 2.09. The van der Waals surface area contributed by atoms with Crippen LogP contribution in [0.2, 0.25) is 0 Å². The van der Waals surface area contributed by atoms with Crippen LogP contribution in [0.3, 0.4) is 0 Å². The topological polar surface area (TPSA) is 47.9 Å². The van der Waals surface area contributed by atoms with Crippen LogP contribution in [0.5, 0.6) is 0 Å². The number of likely N-dealkylation sites (N-methyl/N-ethyl adjacent to an activating group) is 1. The second-order valence-corrected chi connectivity index (χ2v) is 5.76. The number of amides is 1. The molecule has 0 unspecified atom stereocenters. The molecule has 1 N–H and O–H groups in total. The van der Waals surface area contributed by atoms with Crippen LogP contribution in [0, 0.1) is 0 Å². The van der Waals surface area contributed by atoms with E-state index in [9.17, 15) is 4.79 Å². The fourth-order valence-corrected chi connectivity index (χ4v) is 2.87. The molecule has 2 aliphatic rings. The van der Waals surface area contributed by atoms with Crippen LogP contribution in [0.4, 0.5) is 0 Å². The molecule has 6 heteroatoms. The number of piperazine rings is 1. The lowest BCUT2D eigenvalue weighted by Crippen LogP contribution is -2.47. The molecule has 2 rings (SSSR count). The number of nitrogens with one attached hydrogen (secondary N) is 1. The molecule has 0 aromatic rings. The SMILES string of the molecule is CN1CCN(C(=O)CSC2=NCCCCN2)CC1. The Hall–Kier alpha value is -0.750. The van der Waals surface area contributed by atoms with E-state index in [4.69, 9.17) is 0 Å². The molecular weight excluding hydrogens is 248 g/mol. The summed E-state index contributed by atoms with van der Waals surface area (Å²) in [7, 11) is 2.10. The second kappa shape index (κ2) is 6.99. The van der Waals surface area contributed by atoms with Gasteiger partial charge in [0.15, 0.2) is 5.17 Å². The molecule has 102 valence electrons. The van der Waals surface area contributed by atoms with Gasteiger partial charge in [0, 0.05) is 39.3 Å². The van der Waals surface area contributed by atoms with Gasteiger partial charge < -0.3 is 15.1 Å². The van der Waals surface area contributed by atoms with Gasteiger partial charge in [0.2, 0.25) is 5.91 Å². The van der Waals surface area contributed by atoms with E-state index < -0.39 is 0 Å². The smallest absolute Gasteiger partial charge is 0.233 e. The van der Waals surface area contributed by atoms with Crippen molar-refractivity contribution in [1.29, 1.82) is 0 Å². The van der Waals surface area contributed by atoms with Gasteiger partial charge in [0.1, 0.15) is 0 Å². The van der Waals surface area contributed by atoms with Crippen LogP contribution in [0.1, 0.15) is 12.8 Å². The number of carbonyl (C=O) groups excluding carboxylic acids is 1. The molecular formula is C12H22N4OS. The van der Waals surface area contributed by atoms with Crippen LogP contribution in [0.25, 0.3) is 0 Å². The van der Waals surface area contributed by atoms with Crippen molar-refractivity contribution in [2.75, 3.05) is 52.1 Å². The molecule has 18 heavy (non-hydrogen) atoms. The molecule has 2 aliphatic heterocycles. The van der Waals surface area contributed by atoms with E-state index in [1.165, 1.54) is 6.42 Å². The first-order valence-corrected chi connectivity index (χ1v) is 7.62. The average Bonchev–Trinajstić information content (AvgIpc) is 2.65. The van der Waals surface area contributed by atoms with Crippen molar-refractivity contribution in [1.82, 2.24) is 15.1 Å². The highest BCUT2D eigenvalue weighted by atomic mass is 32.2. The zero-order valence-electron chi connectivity index (χ0n) is 11.0. The zero-order valence-corrected chi connectivity index (χ0v) is 11.8. The Labute approximate surface area is 113 Å². The van der Waals surface area contributed by atoms with Crippen molar-refractivity contribution in [2.45, 2.75) is 12.8 Å². The number of carbonyl (C=O) groups is 1. The number of amidine groups is 1. The van der Waals surface area contributed by atoms with Crippen molar-refractivity contribution >= 4 is 22.8 Å². The first-order valence-electron chi connectivity index (χ1n) is 6.63. The highest BCUT2D eigenvalue weighted by molar-refractivity contribution is 8.14. The van der Waals surface area contributed by atoms with Gasteiger partial charge >= 0.3 is 0 Å². The Morgan fingerprint density at radius 1 is 1.33 bits per heavy atom. The summed E-state index contributed by atoms with van der Waals surface area (Å²) in [4.78, 5) is 20.7. The molecule has 0 saturated carbocycles. The van der Waals surface area contributed by atoms with Crippen molar-refractivity contribution in [3.63, 3.8) is 0 Å². The van der Waals surface area contributed by atoms with E-state index in [1.807, 2.05) is 4.90 Å². The van der Waals surface area contributed by atoms with Crippen molar-refractivity contribution < 1.29 is 4.79 Å². The lowest BCUT2D eigenvalue weighted by atomic mass is 10.3. The summed E-state index contributed by atoms with van der Waals surface area (Å²) >= 11 is 1.55. The first kappa shape index (κ1) is 13.7. The van der Waals surface area contributed by atoms with Crippen molar-refractivity contribution in [2.24, 2.45) is 4.99 Å². The molecule has 1 saturated heterocycles. The number of hydrogen-bond acceptors (Lipinski definition) is 5. The van der Waals surface area contributed by atoms with Gasteiger partial charge in [-0.15, -0.1) is 0 Å². The van der Waals surface area contributed by atoms with Gasteiger partial charge in [0.05, 0.1) is 5.75 Å². The third-order valence-corrected chi connectivity index (χ3v) is 4.24. The molecule has 0 spiro atoms. The molecule has 0 bridgehead atoms. The summed E-state index contributed by atoms with van der Waals surface area (Å²) < 4.78 is 0. The first-order chi connectivity index (χ1) is 8.75. The van der Waals surface area contributed by atoms with Gasteiger partial charge in [0.25, 0.3) is 0 Å². The monoisotopic (exact) mass is 270 g/mol. The fourth-order valence-electron chi connectivity index (χ4n) is 2.04. The predicted octanol–water partition coefficient (Wildman–Crippen LogP) is 0.233. The number of aliphatic imine (C=N–C) groups is 1. The predicted molar refractivity (Wildman–Crippen MR) is 76.1 cm³/mol. The van der Waals surface area contributed by atoms with Gasteiger partial charge in [-0.05, 0) is 19.9 Å². The lowest BCUT2D eigenvalue weighted by molar-refractivity contribution is -0.129. The Morgan fingerprint density at radius 2 is 2.11 bits per heavy atom. The molecule has 1 fully saturated rings. The minimum atomic E-state index is 0.238. The third-order valence-electron chi connectivity index (χ3n) is 3.30. The molecule has 2 heterocycles. The largest absolute Gasteiger partial charge is 0.365 e. The average molecular weight is 270 g/mol. The Kier molecular flexibility index (Phi) is 5.31. The fraction of sp³-hybridized carbons (Fsp3) is 0.833. The number of nitrogens with zero attached hydrogens (tertiary/aromatic N) is 3. The summed E-state index contributed by atoms with van der Waals surface area (Å²) in [6.07, 6.45) is 2.31. The maximum atomic E-state index is 12.0. The summed E-state index contributed by atoms with van der Waals surface area (Å²) in [6.45, 7) is 5.55. The van der Waals surface area contributed by atoms with Crippen LogP contribution in [-0.2, 0) is 4.79 Å². The lowest BCUT2D eigenvalue weighted by Gasteiger charge is -2.32. The van der Waals surface area contributed by atoms with E-state index >= 15 is 0 Å². The maximum absolute atomic E-state index is 12.0. The summed E-state index contributed by atoms with van der Waals surface area (Å²) in [5.41, 5.74) is 0. The minimum absolute atomic E-state index is 0.238. The van der Waals surface area contributed by atoms with Gasteiger partial charge in [-0.2, -0.15) is 0 Å². The molecule has 5 nitrogen and oxygen atoms in total. The zero-order chi connectivity index (χ0) is 12.8. The van der Waals surface area contributed by atoms with Gasteiger partial charge in [-0.1, -0.05) is 11.8 Å². The summed E-state index contributed by atoms with van der Waals surface area (Å²) in [6, 6.07) is 0. The normalized spacial score (nSPS) is 22.1. The number of hydrogen-bond donors (Lipinski definition) is 1. The number of rotatable bonds is 2. The van der Waals surface area contributed by atoms with E-state index in [1.54, 1.807) is 11.8 Å². The summed E-state index contributed by atoms with van der Waals surface area (Å²) in [5.74, 6) is 0.747.